The molecule has 21 heavy (non-hydrogen) atoms. The summed E-state index contributed by atoms with van der Waals surface area (Å²) in [6, 6.07) is 4.20. The Morgan fingerprint density at radius 1 is 1.19 bits per heavy atom. The summed E-state index contributed by atoms with van der Waals surface area (Å²) in [6.07, 6.45) is 0. The largest absolute Gasteiger partial charge is 0.479 e. The average Bonchev–Trinajstić information content (AvgIpc) is 2.56. The number of hydrogen-bond donors (Lipinski definition) is 2. The fourth-order valence-corrected chi connectivity index (χ4v) is 3.02. The summed E-state index contributed by atoms with van der Waals surface area (Å²) in [5.74, 6) is 0.637. The Bertz CT molecular complexity index is 592. The van der Waals surface area contributed by atoms with Gasteiger partial charge in [0.2, 0.25) is 0 Å². The van der Waals surface area contributed by atoms with Crippen LogP contribution in [0.15, 0.2) is 17.9 Å². The highest BCUT2D eigenvalue weighted by atomic mass is 16.5. The predicted octanol–water partition coefficient (Wildman–Crippen LogP) is 2.42. The van der Waals surface area contributed by atoms with Crippen molar-refractivity contribution in [1.82, 2.24) is 10.6 Å². The molecule has 4 heteroatoms. The number of amides is 1. The summed E-state index contributed by atoms with van der Waals surface area (Å²) < 4.78 is 5.83. The number of aryl methyl sites for hydroxylation is 3. The average molecular weight is 288 g/mol. The van der Waals surface area contributed by atoms with E-state index < -0.39 is 5.54 Å². The van der Waals surface area contributed by atoms with E-state index in [1.54, 1.807) is 0 Å². The Labute approximate surface area is 126 Å². The maximum Gasteiger partial charge on any atom is 0.256 e. The fraction of sp³-hybridized carbons (Fsp3) is 0.471. The minimum absolute atomic E-state index is 0.0684. The second-order valence-corrected chi connectivity index (χ2v) is 6.20. The monoisotopic (exact) mass is 288 g/mol. The highest BCUT2D eigenvalue weighted by Crippen LogP contribution is 2.36. The zero-order valence-corrected chi connectivity index (χ0v) is 13.7. The van der Waals surface area contributed by atoms with Gasteiger partial charge in [0.1, 0.15) is 12.5 Å². The number of benzene rings is 1. The number of ether oxygens (including phenoxy) is 1. The summed E-state index contributed by atoms with van der Waals surface area (Å²) in [6.45, 7) is 10.4. The molecule has 2 rings (SSSR count). The third-order valence-corrected chi connectivity index (χ3v) is 3.74. The lowest BCUT2D eigenvalue weighted by Gasteiger charge is -2.23. The summed E-state index contributed by atoms with van der Waals surface area (Å²) in [5.41, 5.74) is 4.54. The van der Waals surface area contributed by atoms with Gasteiger partial charge in [-0.1, -0.05) is 17.7 Å². The lowest BCUT2D eigenvalue weighted by Crippen LogP contribution is -2.39. The molecule has 1 amide bonds. The van der Waals surface area contributed by atoms with Crippen molar-refractivity contribution in [2.24, 2.45) is 0 Å². The van der Waals surface area contributed by atoms with Crippen molar-refractivity contribution in [2.75, 3.05) is 13.8 Å². The first-order chi connectivity index (χ1) is 9.77. The molecule has 1 aromatic rings. The van der Waals surface area contributed by atoms with Crippen molar-refractivity contribution >= 4 is 11.5 Å². The first-order valence-electron chi connectivity index (χ1n) is 7.21. The molecule has 0 radical (unpaired) electrons. The van der Waals surface area contributed by atoms with Crippen LogP contribution in [-0.2, 0) is 9.53 Å². The maximum absolute atomic E-state index is 12.5. The molecule has 1 heterocycles. The smallest absolute Gasteiger partial charge is 0.256 e. The van der Waals surface area contributed by atoms with Gasteiger partial charge in [0.05, 0.1) is 11.1 Å². The van der Waals surface area contributed by atoms with Crippen LogP contribution < -0.4 is 10.6 Å². The second kappa shape index (κ2) is 5.53. The first-order valence-corrected chi connectivity index (χ1v) is 7.21. The van der Waals surface area contributed by atoms with Gasteiger partial charge in [-0.2, -0.15) is 0 Å². The normalized spacial score (nSPS) is 17.1. The van der Waals surface area contributed by atoms with Gasteiger partial charge in [0.25, 0.3) is 5.91 Å². The Kier molecular flexibility index (Phi) is 4.10. The number of hydrogen-bond acceptors (Lipinski definition) is 3. The Morgan fingerprint density at radius 2 is 1.76 bits per heavy atom. The van der Waals surface area contributed by atoms with Crippen LogP contribution in [0, 0.1) is 20.8 Å². The van der Waals surface area contributed by atoms with Gasteiger partial charge in [-0.3, -0.25) is 10.1 Å². The van der Waals surface area contributed by atoms with E-state index in [-0.39, 0.29) is 5.91 Å². The van der Waals surface area contributed by atoms with Crippen molar-refractivity contribution < 1.29 is 9.53 Å². The lowest BCUT2D eigenvalue weighted by molar-refractivity contribution is -0.115. The third kappa shape index (κ3) is 2.81. The first kappa shape index (κ1) is 15.6. The van der Waals surface area contributed by atoms with Crippen LogP contribution in [0.1, 0.15) is 36.1 Å². The second-order valence-electron chi connectivity index (χ2n) is 6.20. The molecule has 0 aliphatic carbocycles. The summed E-state index contributed by atoms with van der Waals surface area (Å²) in [5, 5.41) is 5.97. The van der Waals surface area contributed by atoms with Crippen molar-refractivity contribution in [3.05, 3.63) is 40.1 Å². The number of nitrogens with one attached hydrogen (secondary N) is 2. The van der Waals surface area contributed by atoms with Crippen LogP contribution >= 0.6 is 0 Å². The number of rotatable bonds is 4. The molecule has 0 aromatic heterocycles. The molecule has 1 aromatic carbocycles. The number of carbonyl (C=O) groups excluding carboxylic acids is 1. The van der Waals surface area contributed by atoms with E-state index in [4.69, 9.17) is 4.74 Å². The van der Waals surface area contributed by atoms with Gasteiger partial charge in [0, 0.05) is 0 Å². The highest BCUT2D eigenvalue weighted by molar-refractivity contribution is 6.23. The zero-order valence-electron chi connectivity index (χ0n) is 13.7. The standard InChI is InChI=1S/C17H24N2O2/c1-10-7-11(2)13(12(3)8-10)14-15(21-9-18-6)17(4,5)19-16(14)20/h7-8,18H,9H2,1-6H3,(H,19,20). The van der Waals surface area contributed by atoms with Crippen molar-refractivity contribution in [1.29, 1.82) is 0 Å². The number of carbonyl (C=O) groups is 1. The minimum Gasteiger partial charge on any atom is -0.479 e. The van der Waals surface area contributed by atoms with E-state index in [2.05, 4.69) is 29.7 Å². The van der Waals surface area contributed by atoms with E-state index in [9.17, 15) is 4.79 Å². The lowest BCUT2D eigenvalue weighted by atomic mass is 9.91. The maximum atomic E-state index is 12.5. The van der Waals surface area contributed by atoms with E-state index in [0.29, 0.717) is 18.1 Å². The van der Waals surface area contributed by atoms with Gasteiger partial charge < -0.3 is 10.1 Å². The molecular formula is C17H24N2O2. The summed E-state index contributed by atoms with van der Waals surface area (Å²) in [7, 11) is 1.82. The van der Waals surface area contributed by atoms with Crippen molar-refractivity contribution in [3.8, 4) is 0 Å². The Balaban J connectivity index is 2.65. The molecular weight excluding hydrogens is 264 g/mol. The van der Waals surface area contributed by atoms with Gasteiger partial charge in [0.15, 0.2) is 0 Å². The van der Waals surface area contributed by atoms with E-state index in [1.807, 2.05) is 34.7 Å². The van der Waals surface area contributed by atoms with Gasteiger partial charge in [-0.25, -0.2) is 0 Å². The molecule has 2 N–H and O–H groups in total. The molecule has 1 aliphatic heterocycles. The van der Waals surface area contributed by atoms with E-state index in [0.717, 1.165) is 16.7 Å². The molecule has 0 saturated heterocycles. The molecule has 1 aliphatic rings. The van der Waals surface area contributed by atoms with Crippen LogP contribution in [0.4, 0.5) is 0 Å². The van der Waals surface area contributed by atoms with Gasteiger partial charge >= 0.3 is 0 Å². The van der Waals surface area contributed by atoms with E-state index in [1.165, 1.54) is 5.56 Å². The fourth-order valence-electron chi connectivity index (χ4n) is 3.02. The predicted molar refractivity (Wildman–Crippen MR) is 84.8 cm³/mol. The minimum atomic E-state index is -0.493. The van der Waals surface area contributed by atoms with Crippen molar-refractivity contribution in [2.45, 2.75) is 40.2 Å². The zero-order chi connectivity index (χ0) is 15.8. The molecule has 0 unspecified atom stereocenters. The molecule has 4 nitrogen and oxygen atoms in total. The molecule has 114 valence electrons. The Hall–Kier alpha value is -1.81. The Morgan fingerprint density at radius 3 is 2.29 bits per heavy atom. The molecule has 0 atom stereocenters. The SMILES string of the molecule is CNCOC1=C(c2c(C)cc(C)cc2C)C(=O)NC1(C)C. The van der Waals surface area contributed by atoms with Crippen LogP contribution in [0.5, 0.6) is 0 Å². The van der Waals surface area contributed by atoms with Gasteiger partial charge in [-0.15, -0.1) is 0 Å². The highest BCUT2D eigenvalue weighted by Gasteiger charge is 2.41. The third-order valence-electron chi connectivity index (χ3n) is 3.74. The summed E-state index contributed by atoms with van der Waals surface area (Å²) >= 11 is 0. The quantitative estimate of drug-likeness (QED) is 0.837. The van der Waals surface area contributed by atoms with Crippen LogP contribution in [0.2, 0.25) is 0 Å². The van der Waals surface area contributed by atoms with Crippen LogP contribution in [0.25, 0.3) is 5.57 Å². The van der Waals surface area contributed by atoms with Crippen LogP contribution in [-0.4, -0.2) is 25.2 Å². The molecule has 0 saturated carbocycles. The van der Waals surface area contributed by atoms with Gasteiger partial charge in [-0.05, 0) is 58.4 Å². The molecule has 0 bridgehead atoms. The topological polar surface area (TPSA) is 50.4 Å². The van der Waals surface area contributed by atoms with Crippen LogP contribution in [0.3, 0.4) is 0 Å². The van der Waals surface area contributed by atoms with Crippen molar-refractivity contribution in [3.63, 3.8) is 0 Å². The molecule has 0 fully saturated rings. The molecule has 0 spiro atoms. The van der Waals surface area contributed by atoms with E-state index >= 15 is 0 Å². The summed E-state index contributed by atoms with van der Waals surface area (Å²) in [4.78, 5) is 12.5.